The fourth-order valence-corrected chi connectivity index (χ4v) is 4.09. The van der Waals surface area contributed by atoms with E-state index in [4.69, 9.17) is 24.9 Å². The molecule has 0 amide bonds. The van der Waals surface area contributed by atoms with Crippen molar-refractivity contribution in [3.05, 3.63) is 144 Å². The lowest BCUT2D eigenvalue weighted by Gasteiger charge is -2.16. The number of hydrogen-bond acceptors (Lipinski definition) is 5. The summed E-state index contributed by atoms with van der Waals surface area (Å²) < 4.78 is 18.4. The second-order valence-corrected chi connectivity index (χ2v) is 8.85. The zero-order chi connectivity index (χ0) is 26.0. The molecule has 5 aromatic rings. The van der Waals surface area contributed by atoms with E-state index >= 15 is 0 Å². The van der Waals surface area contributed by atoms with Crippen molar-refractivity contribution in [2.75, 3.05) is 0 Å². The molecule has 0 aliphatic heterocycles. The van der Waals surface area contributed by atoms with Crippen molar-refractivity contribution >= 4 is 0 Å². The summed E-state index contributed by atoms with van der Waals surface area (Å²) in [6.45, 7) is 1.65. The summed E-state index contributed by atoms with van der Waals surface area (Å²) in [6.07, 6.45) is 0. The van der Waals surface area contributed by atoms with Gasteiger partial charge in [0.2, 0.25) is 11.8 Å². The number of nitrogens with zero attached hydrogens (tertiary/aromatic N) is 1. The molecule has 1 heterocycles. The molecular weight excluding hydrogens is 472 g/mol. The van der Waals surface area contributed by atoms with Crippen molar-refractivity contribution in [2.24, 2.45) is 5.73 Å². The van der Waals surface area contributed by atoms with Crippen LogP contribution in [0, 0.1) is 0 Å². The highest BCUT2D eigenvalue weighted by Gasteiger charge is 2.15. The molecule has 0 spiro atoms. The van der Waals surface area contributed by atoms with Crippen molar-refractivity contribution in [1.82, 2.24) is 4.98 Å². The normalized spacial score (nSPS) is 10.7. The van der Waals surface area contributed by atoms with E-state index in [-0.39, 0.29) is 0 Å². The Morgan fingerprint density at radius 1 is 0.526 bits per heavy atom. The van der Waals surface area contributed by atoms with Gasteiger partial charge in [-0.25, -0.2) is 0 Å². The fourth-order valence-electron chi connectivity index (χ4n) is 4.09. The van der Waals surface area contributed by atoms with Crippen LogP contribution in [0.3, 0.4) is 0 Å². The van der Waals surface area contributed by atoms with Crippen molar-refractivity contribution in [2.45, 2.75) is 26.4 Å². The molecule has 5 rings (SSSR count). The Balaban J connectivity index is 1.44. The minimum Gasteiger partial charge on any atom is -0.489 e. The molecule has 0 bridgehead atoms. The van der Waals surface area contributed by atoms with Crippen LogP contribution in [-0.2, 0) is 26.4 Å². The molecule has 0 saturated carbocycles. The van der Waals surface area contributed by atoms with Crippen LogP contribution in [-0.4, -0.2) is 4.98 Å². The number of ether oxygens (including phenoxy) is 3. The van der Waals surface area contributed by atoms with Gasteiger partial charge in [0.1, 0.15) is 25.6 Å². The molecule has 0 fully saturated rings. The fraction of sp³-hybridized carbons (Fsp3) is 0.121. The van der Waals surface area contributed by atoms with Gasteiger partial charge in [0.05, 0.1) is 0 Å². The molecule has 0 atom stereocenters. The standard InChI is InChI=1S/C33H30N2O3/c34-21-28-16-17-29(36-22-25-10-4-1-5-11-25)20-31(28)30-18-19-32(37-23-26-12-6-2-7-13-26)35-33(30)38-24-27-14-8-3-9-15-27/h1-20H,21-24,34H2. The van der Waals surface area contributed by atoms with E-state index in [2.05, 4.69) is 0 Å². The average Bonchev–Trinajstić information content (AvgIpc) is 2.99. The third-order valence-electron chi connectivity index (χ3n) is 6.12. The summed E-state index contributed by atoms with van der Waals surface area (Å²) in [5.74, 6) is 1.72. The Bertz CT molecular complexity index is 1440. The molecule has 4 aromatic carbocycles. The third kappa shape index (κ3) is 6.58. The van der Waals surface area contributed by atoms with Gasteiger partial charge in [0.15, 0.2) is 0 Å². The largest absolute Gasteiger partial charge is 0.489 e. The van der Waals surface area contributed by atoms with Crippen molar-refractivity contribution in [3.63, 3.8) is 0 Å². The first-order valence-electron chi connectivity index (χ1n) is 12.6. The smallest absolute Gasteiger partial charge is 0.225 e. The topological polar surface area (TPSA) is 66.6 Å². The molecule has 5 heteroatoms. The van der Waals surface area contributed by atoms with Crippen LogP contribution in [0.1, 0.15) is 22.3 Å². The molecule has 0 radical (unpaired) electrons. The van der Waals surface area contributed by atoms with E-state index in [9.17, 15) is 0 Å². The summed E-state index contributed by atoms with van der Waals surface area (Å²) >= 11 is 0. The van der Waals surface area contributed by atoms with Crippen LogP contribution < -0.4 is 19.9 Å². The molecule has 0 aliphatic rings. The van der Waals surface area contributed by atoms with E-state index in [0.717, 1.165) is 39.1 Å². The van der Waals surface area contributed by atoms with E-state index in [1.165, 1.54) is 0 Å². The van der Waals surface area contributed by atoms with E-state index in [0.29, 0.717) is 38.1 Å². The lowest BCUT2D eigenvalue weighted by molar-refractivity contribution is 0.268. The number of nitrogens with two attached hydrogens (primary N) is 1. The zero-order valence-corrected chi connectivity index (χ0v) is 21.1. The maximum absolute atomic E-state index is 6.27. The van der Waals surface area contributed by atoms with Crippen molar-refractivity contribution < 1.29 is 14.2 Å². The molecule has 38 heavy (non-hydrogen) atoms. The van der Waals surface area contributed by atoms with Crippen LogP contribution >= 0.6 is 0 Å². The first kappa shape index (κ1) is 25.1. The van der Waals surface area contributed by atoms with Crippen LogP contribution in [0.25, 0.3) is 11.1 Å². The lowest BCUT2D eigenvalue weighted by Crippen LogP contribution is -2.05. The third-order valence-corrected chi connectivity index (χ3v) is 6.12. The Labute approximate surface area is 223 Å². The van der Waals surface area contributed by atoms with Crippen LogP contribution in [0.4, 0.5) is 0 Å². The van der Waals surface area contributed by atoms with Crippen molar-refractivity contribution in [1.29, 1.82) is 0 Å². The molecule has 2 N–H and O–H groups in total. The Morgan fingerprint density at radius 3 is 1.66 bits per heavy atom. The summed E-state index contributed by atoms with van der Waals surface area (Å²) in [4.78, 5) is 4.75. The highest BCUT2D eigenvalue weighted by atomic mass is 16.5. The van der Waals surface area contributed by atoms with Gasteiger partial charge in [-0.05, 0) is 46.0 Å². The van der Waals surface area contributed by atoms with Crippen LogP contribution in [0.5, 0.6) is 17.5 Å². The average molecular weight is 503 g/mol. The maximum atomic E-state index is 6.27. The quantitative estimate of drug-likeness (QED) is 0.212. The number of benzene rings is 4. The monoisotopic (exact) mass is 502 g/mol. The molecule has 190 valence electrons. The Kier molecular flexibility index (Phi) is 8.29. The predicted molar refractivity (Wildman–Crippen MR) is 150 cm³/mol. The minimum absolute atomic E-state index is 0.374. The van der Waals surface area contributed by atoms with Crippen molar-refractivity contribution in [3.8, 4) is 28.6 Å². The minimum atomic E-state index is 0.374. The molecule has 1 aromatic heterocycles. The van der Waals surface area contributed by atoms with E-state index in [1.54, 1.807) is 0 Å². The van der Waals surface area contributed by atoms with Gasteiger partial charge in [-0.3, -0.25) is 0 Å². The number of rotatable bonds is 11. The molecule has 5 nitrogen and oxygen atoms in total. The van der Waals surface area contributed by atoms with Gasteiger partial charge >= 0.3 is 0 Å². The summed E-state index contributed by atoms with van der Waals surface area (Å²) in [7, 11) is 0. The van der Waals surface area contributed by atoms with Gasteiger partial charge in [0, 0.05) is 18.2 Å². The number of pyridine rings is 1. The molecule has 0 aliphatic carbocycles. The zero-order valence-electron chi connectivity index (χ0n) is 21.1. The molecular formula is C33H30N2O3. The second kappa shape index (κ2) is 12.6. The number of aromatic nitrogens is 1. The summed E-state index contributed by atoms with van der Waals surface area (Å²) in [5.41, 5.74) is 12.1. The van der Waals surface area contributed by atoms with Crippen LogP contribution in [0.2, 0.25) is 0 Å². The molecule has 0 unspecified atom stereocenters. The SMILES string of the molecule is NCc1ccc(OCc2ccccc2)cc1-c1ccc(OCc2ccccc2)nc1OCc1ccccc1. The van der Waals surface area contributed by atoms with Gasteiger partial charge in [-0.1, -0.05) is 97.1 Å². The predicted octanol–water partition coefficient (Wildman–Crippen LogP) is 6.94. The van der Waals surface area contributed by atoms with Gasteiger partial charge in [-0.2, -0.15) is 4.98 Å². The Morgan fingerprint density at radius 2 is 1.08 bits per heavy atom. The Hall–Kier alpha value is -4.61. The van der Waals surface area contributed by atoms with Gasteiger partial charge in [0.25, 0.3) is 0 Å². The van der Waals surface area contributed by atoms with Gasteiger partial charge in [-0.15, -0.1) is 0 Å². The van der Waals surface area contributed by atoms with Gasteiger partial charge < -0.3 is 19.9 Å². The first-order chi connectivity index (χ1) is 18.8. The first-order valence-corrected chi connectivity index (χ1v) is 12.6. The second-order valence-electron chi connectivity index (χ2n) is 8.85. The van der Waals surface area contributed by atoms with E-state index in [1.807, 2.05) is 121 Å². The highest BCUT2D eigenvalue weighted by Crippen LogP contribution is 2.36. The lowest BCUT2D eigenvalue weighted by atomic mass is 10.00. The van der Waals surface area contributed by atoms with Crippen LogP contribution in [0.15, 0.2) is 121 Å². The summed E-state index contributed by atoms with van der Waals surface area (Å²) in [5, 5.41) is 0. The maximum Gasteiger partial charge on any atom is 0.225 e. The summed E-state index contributed by atoms with van der Waals surface area (Å²) in [6, 6.07) is 39.9. The molecule has 0 saturated heterocycles. The highest BCUT2D eigenvalue weighted by molar-refractivity contribution is 5.73. The van der Waals surface area contributed by atoms with E-state index < -0.39 is 0 Å². The number of hydrogen-bond donors (Lipinski definition) is 1.